The van der Waals surface area contributed by atoms with Crippen molar-refractivity contribution in [3.63, 3.8) is 0 Å². The zero-order valence-corrected chi connectivity index (χ0v) is 11.0. The van der Waals surface area contributed by atoms with E-state index in [1.54, 1.807) is 18.2 Å². The minimum absolute atomic E-state index is 0.507. The van der Waals surface area contributed by atoms with Gasteiger partial charge in [0.15, 0.2) is 0 Å². The van der Waals surface area contributed by atoms with Crippen molar-refractivity contribution in [2.24, 2.45) is 5.16 Å². The Bertz CT molecular complexity index is 774. The first-order chi connectivity index (χ1) is 10.3. The zero-order valence-electron chi connectivity index (χ0n) is 11.0. The van der Waals surface area contributed by atoms with E-state index in [2.05, 4.69) is 10.5 Å². The van der Waals surface area contributed by atoms with Gasteiger partial charge >= 0.3 is 6.09 Å². The second-order valence-electron chi connectivity index (χ2n) is 4.28. The van der Waals surface area contributed by atoms with Gasteiger partial charge in [-0.2, -0.15) is 0 Å². The Labute approximate surface area is 120 Å². The topological polar surface area (TPSA) is 63.8 Å². The van der Waals surface area contributed by atoms with Gasteiger partial charge in [0, 0.05) is 5.39 Å². The Morgan fingerprint density at radius 2 is 1.95 bits per heavy atom. The lowest BCUT2D eigenvalue weighted by molar-refractivity contribution is 0.167. The quantitative estimate of drug-likeness (QED) is 0.448. The molecule has 0 aliphatic rings. The summed E-state index contributed by atoms with van der Waals surface area (Å²) in [4.78, 5) is 16.4. The number of carbonyl (C=O) groups excluding carboxylic acids is 1. The predicted octanol–water partition coefficient (Wildman–Crippen LogP) is 4.02. The maximum atomic E-state index is 11.7. The van der Waals surface area contributed by atoms with Gasteiger partial charge in [-0.3, -0.25) is 10.2 Å². The highest BCUT2D eigenvalue weighted by molar-refractivity contribution is 6.00. The van der Waals surface area contributed by atoms with Crippen LogP contribution in [0.4, 0.5) is 10.5 Å². The number of oxime groups is 1. The van der Waals surface area contributed by atoms with Crippen molar-refractivity contribution >= 4 is 28.8 Å². The van der Waals surface area contributed by atoms with Gasteiger partial charge in [0.25, 0.3) is 0 Å². The normalized spacial score (nSPS) is 10.9. The third kappa shape index (κ3) is 3.09. The van der Waals surface area contributed by atoms with E-state index in [9.17, 15) is 4.79 Å². The summed E-state index contributed by atoms with van der Waals surface area (Å²) in [7, 11) is 0. The molecule has 21 heavy (non-hydrogen) atoms. The van der Waals surface area contributed by atoms with Crippen LogP contribution >= 0.6 is 0 Å². The number of fused-ring (bicyclic) bond motifs is 1. The molecule has 0 saturated heterocycles. The van der Waals surface area contributed by atoms with Crippen molar-refractivity contribution in [1.82, 2.24) is 0 Å². The van der Waals surface area contributed by atoms with Gasteiger partial charge in [0.2, 0.25) is 0 Å². The lowest BCUT2D eigenvalue weighted by atomic mass is 10.1. The minimum atomic E-state index is -0.658. The third-order valence-corrected chi connectivity index (χ3v) is 2.89. The molecule has 1 amide bonds. The second-order valence-corrected chi connectivity index (χ2v) is 4.28. The average Bonchev–Trinajstić information content (AvgIpc) is 3.01. The van der Waals surface area contributed by atoms with Crippen LogP contribution in [-0.2, 0) is 4.84 Å². The van der Waals surface area contributed by atoms with E-state index in [1.807, 2.05) is 36.4 Å². The van der Waals surface area contributed by atoms with E-state index in [0.717, 1.165) is 10.8 Å². The molecule has 2 aromatic carbocycles. The van der Waals surface area contributed by atoms with E-state index in [1.165, 1.54) is 12.5 Å². The highest BCUT2D eigenvalue weighted by atomic mass is 16.7. The fraction of sp³-hybridized carbons (Fsp3) is 0. The number of furan rings is 1. The van der Waals surface area contributed by atoms with Crippen molar-refractivity contribution in [2.75, 3.05) is 5.32 Å². The van der Waals surface area contributed by atoms with Gasteiger partial charge in [-0.05, 0) is 23.6 Å². The Balaban J connectivity index is 1.69. The fourth-order valence-corrected chi connectivity index (χ4v) is 1.96. The van der Waals surface area contributed by atoms with Crippen molar-refractivity contribution < 1.29 is 14.0 Å². The Hall–Kier alpha value is -3.08. The largest absolute Gasteiger partial charge is 0.463 e. The van der Waals surface area contributed by atoms with Gasteiger partial charge in [-0.25, -0.2) is 4.79 Å². The SMILES string of the molecule is O=C(Nc1cccc2ccccc12)ON=Cc1ccco1. The van der Waals surface area contributed by atoms with Gasteiger partial charge in [-0.15, -0.1) is 0 Å². The average molecular weight is 280 g/mol. The molecule has 3 aromatic rings. The van der Waals surface area contributed by atoms with Crippen LogP contribution in [0.25, 0.3) is 10.8 Å². The summed E-state index contributed by atoms with van der Waals surface area (Å²) in [5.41, 5.74) is 0.672. The summed E-state index contributed by atoms with van der Waals surface area (Å²) in [6.45, 7) is 0. The number of carbonyl (C=O) groups is 1. The molecule has 0 aliphatic carbocycles. The smallest absolute Gasteiger partial charge is 0.437 e. The highest BCUT2D eigenvalue weighted by Crippen LogP contribution is 2.22. The van der Waals surface area contributed by atoms with Crippen LogP contribution in [0.5, 0.6) is 0 Å². The first-order valence-electron chi connectivity index (χ1n) is 6.35. The van der Waals surface area contributed by atoms with Crippen LogP contribution in [0.3, 0.4) is 0 Å². The molecule has 1 heterocycles. The van der Waals surface area contributed by atoms with E-state index >= 15 is 0 Å². The number of rotatable bonds is 3. The fourth-order valence-electron chi connectivity index (χ4n) is 1.96. The first kappa shape index (κ1) is 12.9. The Morgan fingerprint density at radius 1 is 1.10 bits per heavy atom. The maximum Gasteiger partial charge on any atom is 0.437 e. The van der Waals surface area contributed by atoms with E-state index < -0.39 is 6.09 Å². The van der Waals surface area contributed by atoms with E-state index in [-0.39, 0.29) is 0 Å². The molecule has 0 fully saturated rings. The molecular weight excluding hydrogens is 268 g/mol. The summed E-state index contributed by atoms with van der Waals surface area (Å²) in [5.74, 6) is 0.507. The van der Waals surface area contributed by atoms with Crippen molar-refractivity contribution in [1.29, 1.82) is 0 Å². The van der Waals surface area contributed by atoms with Crippen molar-refractivity contribution in [2.45, 2.75) is 0 Å². The first-order valence-corrected chi connectivity index (χ1v) is 6.35. The van der Waals surface area contributed by atoms with E-state index in [4.69, 9.17) is 9.25 Å². The minimum Gasteiger partial charge on any atom is -0.463 e. The molecule has 5 heteroatoms. The van der Waals surface area contributed by atoms with Crippen LogP contribution in [0.1, 0.15) is 5.76 Å². The molecule has 0 radical (unpaired) electrons. The molecule has 5 nitrogen and oxygen atoms in total. The lowest BCUT2D eigenvalue weighted by Gasteiger charge is -2.06. The highest BCUT2D eigenvalue weighted by Gasteiger charge is 2.05. The number of hydrogen-bond donors (Lipinski definition) is 1. The van der Waals surface area contributed by atoms with E-state index in [0.29, 0.717) is 11.4 Å². The van der Waals surface area contributed by atoms with Gasteiger partial charge in [0.1, 0.15) is 12.0 Å². The van der Waals surface area contributed by atoms with Gasteiger partial charge in [-0.1, -0.05) is 41.6 Å². The summed E-state index contributed by atoms with van der Waals surface area (Å²) in [5, 5.41) is 8.19. The van der Waals surface area contributed by atoms with Crippen molar-refractivity contribution in [3.05, 3.63) is 66.6 Å². The molecule has 0 unspecified atom stereocenters. The van der Waals surface area contributed by atoms with Gasteiger partial charge < -0.3 is 4.42 Å². The standard InChI is InChI=1S/C16H12N2O3/c19-16(21-17-11-13-7-4-10-20-13)18-15-9-3-6-12-5-1-2-8-14(12)15/h1-11H,(H,18,19). The summed E-state index contributed by atoms with van der Waals surface area (Å²) >= 11 is 0. The van der Waals surface area contributed by atoms with Gasteiger partial charge in [0.05, 0.1) is 12.0 Å². The van der Waals surface area contributed by atoms with Crippen LogP contribution in [-0.4, -0.2) is 12.3 Å². The summed E-state index contributed by atoms with van der Waals surface area (Å²) < 4.78 is 5.03. The molecule has 0 spiro atoms. The van der Waals surface area contributed by atoms with Crippen molar-refractivity contribution in [3.8, 4) is 0 Å². The number of nitrogens with one attached hydrogen (secondary N) is 1. The lowest BCUT2D eigenvalue weighted by Crippen LogP contribution is -2.11. The van der Waals surface area contributed by atoms with Crippen LogP contribution in [0.15, 0.2) is 70.4 Å². The molecule has 1 N–H and O–H groups in total. The number of nitrogens with zero attached hydrogens (tertiary/aromatic N) is 1. The molecule has 0 atom stereocenters. The summed E-state index contributed by atoms with van der Waals surface area (Å²) in [6, 6.07) is 16.8. The zero-order chi connectivity index (χ0) is 14.5. The number of benzene rings is 2. The number of amides is 1. The molecule has 0 bridgehead atoms. The molecule has 3 rings (SSSR count). The van der Waals surface area contributed by atoms with Crippen LogP contribution in [0, 0.1) is 0 Å². The molecule has 104 valence electrons. The Morgan fingerprint density at radius 3 is 2.81 bits per heavy atom. The maximum absolute atomic E-state index is 11.7. The monoisotopic (exact) mass is 280 g/mol. The number of hydrogen-bond acceptors (Lipinski definition) is 4. The molecule has 1 aromatic heterocycles. The third-order valence-electron chi connectivity index (χ3n) is 2.89. The molecule has 0 aliphatic heterocycles. The Kier molecular flexibility index (Phi) is 3.64. The number of anilines is 1. The molecule has 0 saturated carbocycles. The van der Waals surface area contributed by atoms with Crippen LogP contribution in [0.2, 0.25) is 0 Å². The van der Waals surface area contributed by atoms with Crippen LogP contribution < -0.4 is 5.32 Å². The molecular formula is C16H12N2O3. The summed E-state index contributed by atoms with van der Waals surface area (Å²) in [6.07, 6.45) is 2.18. The second kappa shape index (κ2) is 5.92. The predicted molar refractivity (Wildman–Crippen MR) is 80.4 cm³/mol.